The fourth-order valence-corrected chi connectivity index (χ4v) is 5.98. The molecule has 0 bridgehead atoms. The fourth-order valence-electron chi connectivity index (χ4n) is 4.89. The van der Waals surface area contributed by atoms with E-state index in [1.54, 1.807) is 55.6 Å². The highest BCUT2D eigenvalue weighted by Crippen LogP contribution is 2.50. The molecule has 1 aliphatic heterocycles. The summed E-state index contributed by atoms with van der Waals surface area (Å²) in [5.41, 5.74) is 3.91. The van der Waals surface area contributed by atoms with Crippen LogP contribution in [0.1, 0.15) is 39.9 Å². The SMILES string of the molecule is COC(=O)c1ccc([C@H]2Nc3ccc(S(=O)(=O)Nc4ccc(OC)cc4)cc3C3C=CCC32)cc1. The molecular weight excluding hydrogens is 464 g/mol. The molecule has 0 saturated carbocycles. The standard InChI is InChI=1S/C27H26N2O5S/c1-33-20-12-10-19(11-13-20)29-35(31,32)21-14-15-25-24(16-21)22-4-3-5-23(22)26(28-25)17-6-8-18(9-7-17)27(30)34-2/h3-4,6-16,22-23,26,28-29H,5H2,1-2H3/t22?,23?,26-/m1/s1. The first kappa shape index (κ1) is 23.0. The number of rotatable bonds is 6. The molecule has 0 spiro atoms. The number of carbonyl (C=O) groups is 1. The number of carbonyl (C=O) groups excluding carboxylic acids is 1. The Balaban J connectivity index is 1.43. The number of methoxy groups -OCH3 is 2. The molecule has 7 nitrogen and oxygen atoms in total. The molecule has 1 aliphatic carbocycles. The normalized spacial score (nSPS) is 20.3. The van der Waals surface area contributed by atoms with Crippen LogP contribution in [0.2, 0.25) is 0 Å². The minimum Gasteiger partial charge on any atom is -0.497 e. The number of nitrogens with one attached hydrogen (secondary N) is 2. The minimum absolute atomic E-state index is 0.0362. The zero-order valence-corrected chi connectivity index (χ0v) is 20.2. The summed E-state index contributed by atoms with van der Waals surface area (Å²) < 4.78 is 38.8. The van der Waals surface area contributed by atoms with E-state index >= 15 is 0 Å². The van der Waals surface area contributed by atoms with Crippen molar-refractivity contribution in [2.75, 3.05) is 24.3 Å². The van der Waals surface area contributed by atoms with Gasteiger partial charge in [0.05, 0.1) is 30.7 Å². The molecule has 8 heteroatoms. The highest BCUT2D eigenvalue weighted by atomic mass is 32.2. The Morgan fingerprint density at radius 3 is 2.43 bits per heavy atom. The number of fused-ring (bicyclic) bond motifs is 3. The van der Waals surface area contributed by atoms with Crippen molar-refractivity contribution < 1.29 is 22.7 Å². The Bertz CT molecular complexity index is 1380. The summed E-state index contributed by atoms with van der Waals surface area (Å²) in [6, 6.07) is 19.4. The molecule has 0 radical (unpaired) electrons. The third-order valence-electron chi connectivity index (χ3n) is 6.68. The zero-order valence-electron chi connectivity index (χ0n) is 19.4. The number of esters is 1. The third kappa shape index (κ3) is 4.37. The summed E-state index contributed by atoms with van der Waals surface area (Å²) in [7, 11) is -0.834. The second-order valence-electron chi connectivity index (χ2n) is 8.67. The predicted molar refractivity (Wildman–Crippen MR) is 134 cm³/mol. The maximum Gasteiger partial charge on any atom is 0.337 e. The lowest BCUT2D eigenvalue weighted by atomic mass is 9.77. The van der Waals surface area contributed by atoms with E-state index in [0.717, 1.165) is 23.2 Å². The van der Waals surface area contributed by atoms with Gasteiger partial charge in [0.1, 0.15) is 5.75 Å². The van der Waals surface area contributed by atoms with Gasteiger partial charge in [0.2, 0.25) is 0 Å². The van der Waals surface area contributed by atoms with Gasteiger partial charge < -0.3 is 14.8 Å². The van der Waals surface area contributed by atoms with Crippen molar-refractivity contribution in [2.45, 2.75) is 23.3 Å². The molecule has 2 N–H and O–H groups in total. The van der Waals surface area contributed by atoms with Gasteiger partial charge in [-0.1, -0.05) is 24.3 Å². The van der Waals surface area contributed by atoms with Crippen LogP contribution in [0, 0.1) is 5.92 Å². The van der Waals surface area contributed by atoms with Crippen LogP contribution in [0.4, 0.5) is 11.4 Å². The van der Waals surface area contributed by atoms with Crippen molar-refractivity contribution in [1.82, 2.24) is 0 Å². The molecule has 5 rings (SSSR count). The molecule has 2 unspecified atom stereocenters. The van der Waals surface area contributed by atoms with Crippen molar-refractivity contribution in [3.63, 3.8) is 0 Å². The molecule has 3 aromatic carbocycles. The molecule has 3 atom stereocenters. The van der Waals surface area contributed by atoms with Crippen LogP contribution in [0.5, 0.6) is 5.75 Å². The van der Waals surface area contributed by atoms with Crippen molar-refractivity contribution in [3.8, 4) is 5.75 Å². The van der Waals surface area contributed by atoms with E-state index in [9.17, 15) is 13.2 Å². The van der Waals surface area contributed by atoms with Gasteiger partial charge in [0.15, 0.2) is 0 Å². The van der Waals surface area contributed by atoms with Crippen LogP contribution < -0.4 is 14.8 Å². The molecule has 0 amide bonds. The Hall–Kier alpha value is -3.78. The molecule has 180 valence electrons. The van der Waals surface area contributed by atoms with Gasteiger partial charge in [-0.3, -0.25) is 4.72 Å². The van der Waals surface area contributed by atoms with Gasteiger partial charge in [-0.25, -0.2) is 13.2 Å². The summed E-state index contributed by atoms with van der Waals surface area (Å²) in [6.07, 6.45) is 5.19. The van der Waals surface area contributed by atoms with E-state index in [0.29, 0.717) is 17.0 Å². The quantitative estimate of drug-likeness (QED) is 0.368. The summed E-state index contributed by atoms with van der Waals surface area (Å²) in [6.45, 7) is 0. The van der Waals surface area contributed by atoms with Crippen LogP contribution in [0.15, 0.2) is 83.8 Å². The van der Waals surface area contributed by atoms with Gasteiger partial charge in [-0.05, 0) is 78.1 Å². The minimum atomic E-state index is -3.76. The molecule has 1 heterocycles. The van der Waals surface area contributed by atoms with Gasteiger partial charge in [0.25, 0.3) is 10.0 Å². The number of allylic oxidation sites excluding steroid dienone is 2. The van der Waals surface area contributed by atoms with Crippen LogP contribution in [0.3, 0.4) is 0 Å². The van der Waals surface area contributed by atoms with Crippen LogP contribution >= 0.6 is 0 Å². The number of sulfonamides is 1. The molecule has 35 heavy (non-hydrogen) atoms. The number of hydrogen-bond donors (Lipinski definition) is 2. The maximum absolute atomic E-state index is 13.1. The van der Waals surface area contributed by atoms with Crippen LogP contribution in [-0.4, -0.2) is 28.6 Å². The largest absolute Gasteiger partial charge is 0.497 e. The smallest absolute Gasteiger partial charge is 0.337 e. The third-order valence-corrected chi connectivity index (χ3v) is 8.06. The molecule has 2 aliphatic rings. The lowest BCUT2D eigenvalue weighted by Gasteiger charge is -2.37. The van der Waals surface area contributed by atoms with Gasteiger partial charge in [-0.2, -0.15) is 0 Å². The van der Waals surface area contributed by atoms with Gasteiger partial charge in [-0.15, -0.1) is 0 Å². The van der Waals surface area contributed by atoms with E-state index in [2.05, 4.69) is 22.2 Å². The average Bonchev–Trinajstić information content (AvgIpc) is 3.38. The average molecular weight is 491 g/mol. The molecule has 3 aromatic rings. The monoisotopic (exact) mass is 490 g/mol. The first-order valence-corrected chi connectivity index (χ1v) is 12.8. The van der Waals surface area contributed by atoms with Crippen LogP contribution in [-0.2, 0) is 14.8 Å². The summed E-state index contributed by atoms with van der Waals surface area (Å²) in [5, 5.41) is 3.60. The van der Waals surface area contributed by atoms with E-state index in [1.165, 1.54) is 7.11 Å². The van der Waals surface area contributed by atoms with Gasteiger partial charge >= 0.3 is 5.97 Å². The molecule has 0 fully saturated rings. The van der Waals surface area contributed by atoms with E-state index in [-0.39, 0.29) is 28.7 Å². The summed E-state index contributed by atoms with van der Waals surface area (Å²) >= 11 is 0. The number of anilines is 2. The summed E-state index contributed by atoms with van der Waals surface area (Å²) in [4.78, 5) is 12.0. The summed E-state index contributed by atoms with van der Waals surface area (Å²) in [5.74, 6) is 0.615. The molecule has 0 saturated heterocycles. The van der Waals surface area contributed by atoms with Crippen LogP contribution in [0.25, 0.3) is 0 Å². The van der Waals surface area contributed by atoms with E-state index < -0.39 is 10.0 Å². The Labute approximate surface area is 204 Å². The molecule has 0 aromatic heterocycles. The Kier molecular flexibility index (Phi) is 5.98. The highest BCUT2D eigenvalue weighted by Gasteiger charge is 2.38. The lowest BCUT2D eigenvalue weighted by Crippen LogP contribution is -2.29. The van der Waals surface area contributed by atoms with Crippen molar-refractivity contribution in [2.24, 2.45) is 5.92 Å². The van der Waals surface area contributed by atoms with Crippen molar-refractivity contribution >= 4 is 27.4 Å². The fraction of sp³-hybridized carbons (Fsp3) is 0.222. The second-order valence-corrected chi connectivity index (χ2v) is 10.4. The predicted octanol–water partition coefficient (Wildman–Crippen LogP) is 5.11. The Morgan fingerprint density at radius 1 is 1.00 bits per heavy atom. The zero-order chi connectivity index (χ0) is 24.6. The maximum atomic E-state index is 13.1. The van der Waals surface area contributed by atoms with Crippen molar-refractivity contribution in [1.29, 1.82) is 0 Å². The Morgan fingerprint density at radius 2 is 1.74 bits per heavy atom. The number of benzene rings is 3. The highest BCUT2D eigenvalue weighted by molar-refractivity contribution is 7.92. The van der Waals surface area contributed by atoms with Gasteiger partial charge in [0, 0.05) is 17.3 Å². The number of ether oxygens (including phenoxy) is 2. The van der Waals surface area contributed by atoms with Crippen molar-refractivity contribution in [3.05, 3.63) is 95.6 Å². The first-order chi connectivity index (χ1) is 16.9. The van der Waals surface area contributed by atoms with E-state index in [4.69, 9.17) is 9.47 Å². The lowest BCUT2D eigenvalue weighted by molar-refractivity contribution is 0.0600. The van der Waals surface area contributed by atoms with E-state index in [1.807, 2.05) is 18.2 Å². The topological polar surface area (TPSA) is 93.7 Å². The second kappa shape index (κ2) is 9.11. The first-order valence-electron chi connectivity index (χ1n) is 11.3. The number of hydrogen-bond acceptors (Lipinski definition) is 6. The molecular formula is C27H26N2O5S.